The summed E-state index contributed by atoms with van der Waals surface area (Å²) in [4.78, 5) is 33.0. The van der Waals surface area contributed by atoms with Crippen molar-refractivity contribution in [2.45, 2.75) is 37.9 Å². The molecule has 1 aromatic heterocycles. The van der Waals surface area contributed by atoms with Gasteiger partial charge in [0.2, 0.25) is 0 Å². The van der Waals surface area contributed by atoms with Crippen LogP contribution in [-0.2, 0) is 4.74 Å². The number of hydrogen-bond acceptors (Lipinski definition) is 5. The molecule has 2 saturated heterocycles. The Morgan fingerprint density at radius 2 is 1.65 bits per heavy atom. The lowest BCUT2D eigenvalue weighted by Gasteiger charge is -2.32. The number of hydrogen-bond donors (Lipinski definition) is 0. The van der Waals surface area contributed by atoms with E-state index >= 15 is 0 Å². The van der Waals surface area contributed by atoms with Crippen LogP contribution in [-0.4, -0.2) is 72.1 Å². The maximum atomic E-state index is 12.8. The van der Waals surface area contributed by atoms with Crippen LogP contribution in [0.15, 0.2) is 48.8 Å². The lowest BCUT2D eigenvalue weighted by atomic mass is 10.1. The van der Waals surface area contributed by atoms with Gasteiger partial charge in [-0.25, -0.2) is 0 Å². The van der Waals surface area contributed by atoms with Crippen molar-refractivity contribution in [3.63, 3.8) is 0 Å². The SMILES string of the molecule is CO[C@H]1CCCN(C(=O)c2ccc(OC3CCN(C(=O)c4cccnc4)CC3)cc2)C1. The molecule has 31 heavy (non-hydrogen) atoms. The first-order valence-corrected chi connectivity index (χ1v) is 10.9. The molecular formula is C24H29N3O4. The number of rotatable bonds is 5. The summed E-state index contributed by atoms with van der Waals surface area (Å²) in [5.41, 5.74) is 1.29. The van der Waals surface area contributed by atoms with Crippen molar-refractivity contribution in [3.8, 4) is 5.75 Å². The van der Waals surface area contributed by atoms with Crippen molar-refractivity contribution < 1.29 is 19.1 Å². The van der Waals surface area contributed by atoms with E-state index in [1.807, 2.05) is 34.1 Å². The predicted molar refractivity (Wildman–Crippen MR) is 116 cm³/mol. The molecular weight excluding hydrogens is 394 g/mol. The van der Waals surface area contributed by atoms with Crippen LogP contribution in [0.2, 0.25) is 0 Å². The van der Waals surface area contributed by atoms with Gasteiger partial charge in [-0.3, -0.25) is 14.6 Å². The lowest BCUT2D eigenvalue weighted by Crippen LogP contribution is -2.42. The zero-order chi connectivity index (χ0) is 21.6. The van der Waals surface area contributed by atoms with Crippen LogP contribution in [0.1, 0.15) is 46.4 Å². The fourth-order valence-electron chi connectivity index (χ4n) is 4.21. The van der Waals surface area contributed by atoms with Crippen LogP contribution in [0.25, 0.3) is 0 Å². The predicted octanol–water partition coefficient (Wildman–Crippen LogP) is 3.02. The normalized spacial score (nSPS) is 19.8. The molecule has 2 aliphatic heterocycles. The average Bonchev–Trinajstić information content (AvgIpc) is 2.84. The molecule has 0 saturated carbocycles. The largest absolute Gasteiger partial charge is 0.490 e. The monoisotopic (exact) mass is 423 g/mol. The minimum atomic E-state index is 0.0165. The molecule has 4 rings (SSSR count). The smallest absolute Gasteiger partial charge is 0.255 e. The molecule has 164 valence electrons. The number of aromatic nitrogens is 1. The van der Waals surface area contributed by atoms with Gasteiger partial charge in [-0.2, -0.15) is 0 Å². The molecule has 7 heteroatoms. The number of ether oxygens (including phenoxy) is 2. The van der Waals surface area contributed by atoms with Crippen LogP contribution < -0.4 is 4.74 Å². The van der Waals surface area contributed by atoms with E-state index in [0.717, 1.165) is 38.0 Å². The molecule has 3 heterocycles. The van der Waals surface area contributed by atoms with Gasteiger partial charge in [-0.1, -0.05) is 0 Å². The standard InChI is InChI=1S/C24H29N3O4/c1-30-22-5-3-13-27(17-22)23(28)18-6-8-20(9-7-18)31-21-10-14-26(15-11-21)24(29)19-4-2-12-25-16-19/h2,4,6-9,12,16,21-22H,3,5,10-11,13-15,17H2,1H3/t22-/m0/s1. The first kappa shape index (κ1) is 21.3. The highest BCUT2D eigenvalue weighted by Crippen LogP contribution is 2.22. The first-order chi connectivity index (χ1) is 15.1. The molecule has 0 N–H and O–H groups in total. The van der Waals surface area contributed by atoms with Crippen molar-refractivity contribution >= 4 is 11.8 Å². The maximum Gasteiger partial charge on any atom is 0.255 e. The highest BCUT2D eigenvalue weighted by Gasteiger charge is 2.26. The second-order valence-corrected chi connectivity index (χ2v) is 8.13. The van der Waals surface area contributed by atoms with Gasteiger partial charge in [0.15, 0.2) is 0 Å². The molecule has 0 spiro atoms. The fourth-order valence-corrected chi connectivity index (χ4v) is 4.21. The number of likely N-dealkylation sites (tertiary alicyclic amines) is 2. The Bertz CT molecular complexity index is 879. The third-order valence-corrected chi connectivity index (χ3v) is 6.04. The summed E-state index contributed by atoms with van der Waals surface area (Å²) in [5.74, 6) is 0.806. The molecule has 2 aliphatic rings. The number of benzene rings is 1. The second-order valence-electron chi connectivity index (χ2n) is 8.13. The molecule has 0 radical (unpaired) electrons. The summed E-state index contributed by atoms with van der Waals surface area (Å²) >= 11 is 0. The fraction of sp³-hybridized carbons (Fsp3) is 0.458. The Labute approximate surface area is 183 Å². The summed E-state index contributed by atoms with van der Waals surface area (Å²) < 4.78 is 11.5. The van der Waals surface area contributed by atoms with Crippen LogP contribution in [0.4, 0.5) is 0 Å². The lowest BCUT2D eigenvalue weighted by molar-refractivity contribution is 0.0269. The number of nitrogens with zero attached hydrogens (tertiary/aromatic N) is 3. The van der Waals surface area contributed by atoms with Gasteiger partial charge in [-0.15, -0.1) is 0 Å². The molecule has 7 nitrogen and oxygen atoms in total. The summed E-state index contributed by atoms with van der Waals surface area (Å²) in [6, 6.07) is 10.9. The van der Waals surface area contributed by atoms with Gasteiger partial charge in [0.1, 0.15) is 11.9 Å². The Hall–Kier alpha value is -2.93. The third kappa shape index (κ3) is 5.22. The van der Waals surface area contributed by atoms with Crippen molar-refractivity contribution in [1.29, 1.82) is 0 Å². The van der Waals surface area contributed by atoms with E-state index in [1.54, 1.807) is 31.6 Å². The van der Waals surface area contributed by atoms with Crippen LogP contribution >= 0.6 is 0 Å². The molecule has 0 bridgehead atoms. The quantitative estimate of drug-likeness (QED) is 0.739. The van der Waals surface area contributed by atoms with E-state index in [2.05, 4.69) is 4.98 Å². The third-order valence-electron chi connectivity index (χ3n) is 6.04. The topological polar surface area (TPSA) is 72.0 Å². The summed E-state index contributed by atoms with van der Waals surface area (Å²) in [6.45, 7) is 2.73. The van der Waals surface area contributed by atoms with Gasteiger partial charge >= 0.3 is 0 Å². The zero-order valence-corrected chi connectivity index (χ0v) is 17.9. The zero-order valence-electron chi connectivity index (χ0n) is 17.9. The first-order valence-electron chi connectivity index (χ1n) is 10.9. The maximum absolute atomic E-state index is 12.8. The Morgan fingerprint density at radius 1 is 0.903 bits per heavy atom. The van der Waals surface area contributed by atoms with E-state index in [0.29, 0.717) is 30.8 Å². The van der Waals surface area contributed by atoms with Crippen molar-refractivity contribution in [2.24, 2.45) is 0 Å². The Morgan fingerprint density at radius 3 is 2.32 bits per heavy atom. The van der Waals surface area contributed by atoms with Gasteiger partial charge < -0.3 is 19.3 Å². The summed E-state index contributed by atoms with van der Waals surface area (Å²) in [6.07, 6.45) is 6.97. The van der Waals surface area contributed by atoms with Gasteiger partial charge in [0.25, 0.3) is 11.8 Å². The molecule has 2 fully saturated rings. The van der Waals surface area contributed by atoms with Gasteiger partial charge in [-0.05, 0) is 49.2 Å². The number of piperidine rings is 2. The van der Waals surface area contributed by atoms with Gasteiger partial charge in [0, 0.05) is 64.1 Å². The minimum Gasteiger partial charge on any atom is -0.490 e. The van der Waals surface area contributed by atoms with Gasteiger partial charge in [0.05, 0.1) is 11.7 Å². The van der Waals surface area contributed by atoms with Crippen molar-refractivity contribution in [1.82, 2.24) is 14.8 Å². The van der Waals surface area contributed by atoms with E-state index in [4.69, 9.17) is 9.47 Å². The van der Waals surface area contributed by atoms with E-state index in [1.165, 1.54) is 0 Å². The van der Waals surface area contributed by atoms with E-state index in [9.17, 15) is 9.59 Å². The number of carbonyl (C=O) groups is 2. The van der Waals surface area contributed by atoms with E-state index < -0.39 is 0 Å². The Balaban J connectivity index is 1.28. The molecule has 1 aromatic carbocycles. The van der Waals surface area contributed by atoms with E-state index in [-0.39, 0.29) is 24.0 Å². The second kappa shape index (κ2) is 9.92. The minimum absolute atomic E-state index is 0.0165. The molecule has 1 atom stereocenters. The molecule has 0 aliphatic carbocycles. The molecule has 0 unspecified atom stereocenters. The van der Waals surface area contributed by atoms with Crippen LogP contribution in [0, 0.1) is 0 Å². The van der Waals surface area contributed by atoms with Crippen molar-refractivity contribution in [3.05, 3.63) is 59.9 Å². The molecule has 2 amide bonds. The van der Waals surface area contributed by atoms with Crippen LogP contribution in [0.5, 0.6) is 5.75 Å². The summed E-state index contributed by atoms with van der Waals surface area (Å²) in [7, 11) is 1.70. The molecule has 2 aromatic rings. The van der Waals surface area contributed by atoms with Crippen LogP contribution in [0.3, 0.4) is 0 Å². The Kier molecular flexibility index (Phi) is 6.82. The highest BCUT2D eigenvalue weighted by atomic mass is 16.5. The number of carbonyl (C=O) groups excluding carboxylic acids is 2. The number of methoxy groups -OCH3 is 1. The average molecular weight is 424 g/mol. The number of pyridine rings is 1. The summed E-state index contributed by atoms with van der Waals surface area (Å²) in [5, 5.41) is 0. The number of amides is 2. The van der Waals surface area contributed by atoms with Crippen molar-refractivity contribution in [2.75, 3.05) is 33.3 Å². The highest BCUT2D eigenvalue weighted by molar-refractivity contribution is 5.94.